The third-order valence-corrected chi connectivity index (χ3v) is 5.45. The van der Waals surface area contributed by atoms with Crippen LogP contribution in [0.15, 0.2) is 96.0 Å². The van der Waals surface area contributed by atoms with E-state index < -0.39 is 5.97 Å². The molecular weight excluding hydrogens is 489 g/mol. The van der Waals surface area contributed by atoms with Gasteiger partial charge in [-0.1, -0.05) is 78.9 Å². The van der Waals surface area contributed by atoms with Crippen LogP contribution in [0.1, 0.15) is 27.9 Å². The Hall–Kier alpha value is -3.06. The molecule has 0 amide bonds. The van der Waals surface area contributed by atoms with Crippen LogP contribution in [0.4, 0.5) is 5.69 Å². The highest BCUT2D eigenvalue weighted by atomic mass is 127. The lowest BCUT2D eigenvalue weighted by atomic mass is 10.0. The van der Waals surface area contributed by atoms with Crippen molar-refractivity contribution in [2.45, 2.75) is 6.42 Å². The third-order valence-electron chi connectivity index (χ3n) is 4.39. The summed E-state index contributed by atoms with van der Waals surface area (Å²) in [5.74, 6) is -0.668. The van der Waals surface area contributed by atoms with Crippen LogP contribution in [0.5, 0.6) is 0 Å². The number of carbonyl (C=O) groups excluding carboxylic acids is 2. The SMILES string of the molecule is COC(=O)C(CC=C(I)c1ccccc1)=Nc1ccccc1C(=O)c1ccccc1. The van der Waals surface area contributed by atoms with E-state index in [-0.39, 0.29) is 17.9 Å². The molecular formula is C25H20INO3. The van der Waals surface area contributed by atoms with Gasteiger partial charge in [0.1, 0.15) is 5.71 Å². The van der Waals surface area contributed by atoms with E-state index in [4.69, 9.17) is 4.74 Å². The molecule has 4 nitrogen and oxygen atoms in total. The zero-order valence-corrected chi connectivity index (χ0v) is 18.6. The van der Waals surface area contributed by atoms with Crippen LogP contribution in [0, 0.1) is 0 Å². The zero-order chi connectivity index (χ0) is 21.3. The predicted octanol–water partition coefficient (Wildman–Crippen LogP) is 6.03. The van der Waals surface area contributed by atoms with E-state index in [0.29, 0.717) is 16.8 Å². The van der Waals surface area contributed by atoms with Crippen LogP contribution in [-0.2, 0) is 9.53 Å². The van der Waals surface area contributed by atoms with E-state index in [1.807, 2.05) is 54.6 Å². The van der Waals surface area contributed by atoms with Gasteiger partial charge in [0, 0.05) is 21.1 Å². The van der Waals surface area contributed by atoms with Crippen molar-refractivity contribution in [3.8, 4) is 0 Å². The van der Waals surface area contributed by atoms with E-state index in [1.165, 1.54) is 7.11 Å². The number of halogens is 1. The first-order valence-electron chi connectivity index (χ1n) is 9.36. The Labute approximate surface area is 189 Å². The molecule has 0 fully saturated rings. The lowest BCUT2D eigenvalue weighted by Gasteiger charge is -2.08. The Morgan fingerprint density at radius 3 is 2.07 bits per heavy atom. The van der Waals surface area contributed by atoms with Gasteiger partial charge in [-0.25, -0.2) is 9.79 Å². The summed E-state index contributed by atoms with van der Waals surface area (Å²) >= 11 is 2.23. The first kappa shape index (κ1) is 21.6. The van der Waals surface area contributed by atoms with Crippen molar-refractivity contribution in [3.63, 3.8) is 0 Å². The average molecular weight is 509 g/mol. The number of benzene rings is 3. The number of methoxy groups -OCH3 is 1. The Morgan fingerprint density at radius 1 is 0.867 bits per heavy atom. The number of ether oxygens (including phenoxy) is 1. The summed E-state index contributed by atoms with van der Waals surface area (Å²) in [4.78, 5) is 29.8. The van der Waals surface area contributed by atoms with Crippen molar-refractivity contribution in [1.82, 2.24) is 0 Å². The van der Waals surface area contributed by atoms with Crippen molar-refractivity contribution in [1.29, 1.82) is 0 Å². The molecule has 0 saturated carbocycles. The van der Waals surface area contributed by atoms with Gasteiger partial charge in [-0.05, 0) is 40.3 Å². The number of esters is 1. The van der Waals surface area contributed by atoms with Crippen molar-refractivity contribution >= 4 is 49.3 Å². The maximum Gasteiger partial charge on any atom is 0.352 e. The van der Waals surface area contributed by atoms with Crippen LogP contribution in [-0.4, -0.2) is 24.6 Å². The molecule has 0 unspecified atom stereocenters. The van der Waals surface area contributed by atoms with E-state index in [0.717, 1.165) is 9.14 Å². The number of hydrogen-bond acceptors (Lipinski definition) is 4. The molecule has 0 saturated heterocycles. The van der Waals surface area contributed by atoms with Crippen molar-refractivity contribution < 1.29 is 14.3 Å². The standard InChI is InChI=1S/C25H20INO3/c1-30-25(29)23(17-16-21(26)18-10-4-2-5-11-18)27-22-15-9-8-14-20(22)24(28)19-12-6-3-7-13-19/h2-16H,17H2,1H3. The summed E-state index contributed by atoms with van der Waals surface area (Å²) < 4.78 is 5.92. The lowest BCUT2D eigenvalue weighted by Crippen LogP contribution is -2.15. The molecule has 0 aliphatic carbocycles. The average Bonchev–Trinajstić information content (AvgIpc) is 2.82. The molecule has 5 heteroatoms. The molecule has 3 aromatic carbocycles. The van der Waals surface area contributed by atoms with Crippen LogP contribution in [0.3, 0.4) is 0 Å². The second kappa shape index (κ2) is 10.6. The fraction of sp³-hybridized carbons (Fsp3) is 0.0800. The molecule has 0 aliphatic rings. The van der Waals surface area contributed by atoms with Crippen LogP contribution in [0.25, 0.3) is 3.58 Å². The number of ketones is 1. The van der Waals surface area contributed by atoms with E-state index in [9.17, 15) is 9.59 Å². The van der Waals surface area contributed by atoms with Gasteiger partial charge in [-0.2, -0.15) is 0 Å². The number of rotatable bonds is 7. The highest BCUT2D eigenvalue weighted by molar-refractivity contribution is 14.1. The maximum atomic E-state index is 12.9. The van der Waals surface area contributed by atoms with Crippen LogP contribution in [0.2, 0.25) is 0 Å². The molecule has 0 aromatic heterocycles. The normalized spacial score (nSPS) is 11.8. The maximum absolute atomic E-state index is 12.9. The Bertz CT molecular complexity index is 1090. The molecule has 0 spiro atoms. The van der Waals surface area contributed by atoms with Crippen LogP contribution < -0.4 is 0 Å². The van der Waals surface area contributed by atoms with Crippen LogP contribution >= 0.6 is 22.6 Å². The van der Waals surface area contributed by atoms with Crippen molar-refractivity contribution in [2.75, 3.05) is 7.11 Å². The minimum absolute atomic E-state index is 0.145. The molecule has 0 atom stereocenters. The summed E-state index contributed by atoms with van der Waals surface area (Å²) in [7, 11) is 1.32. The number of nitrogens with zero attached hydrogens (tertiary/aromatic N) is 1. The molecule has 0 bridgehead atoms. The highest BCUT2D eigenvalue weighted by Crippen LogP contribution is 2.25. The number of aliphatic imine (C=N–C) groups is 1. The Morgan fingerprint density at radius 2 is 1.43 bits per heavy atom. The van der Waals surface area contributed by atoms with Gasteiger partial charge >= 0.3 is 5.97 Å². The summed E-state index contributed by atoms with van der Waals surface area (Å²) in [6.07, 6.45) is 2.21. The van der Waals surface area contributed by atoms with Crippen molar-refractivity contribution in [2.24, 2.45) is 4.99 Å². The molecule has 30 heavy (non-hydrogen) atoms. The van der Waals surface area contributed by atoms with E-state index >= 15 is 0 Å². The van der Waals surface area contributed by atoms with Gasteiger partial charge in [-0.3, -0.25) is 4.79 Å². The van der Waals surface area contributed by atoms with Gasteiger partial charge in [-0.15, -0.1) is 0 Å². The fourth-order valence-corrected chi connectivity index (χ4v) is 3.43. The van der Waals surface area contributed by atoms with Gasteiger partial charge in [0.2, 0.25) is 0 Å². The highest BCUT2D eigenvalue weighted by Gasteiger charge is 2.16. The molecule has 0 heterocycles. The topological polar surface area (TPSA) is 55.7 Å². The summed E-state index contributed by atoms with van der Waals surface area (Å²) in [5, 5.41) is 0. The number of para-hydroxylation sites is 1. The largest absolute Gasteiger partial charge is 0.465 e. The fourth-order valence-electron chi connectivity index (χ4n) is 2.85. The molecule has 0 radical (unpaired) electrons. The number of allylic oxidation sites excluding steroid dienone is 1. The van der Waals surface area contributed by atoms with E-state index in [2.05, 4.69) is 27.6 Å². The molecule has 3 rings (SSSR count). The second-order valence-corrected chi connectivity index (χ2v) is 7.55. The Kier molecular flexibility index (Phi) is 7.68. The second-order valence-electron chi connectivity index (χ2n) is 6.38. The summed E-state index contributed by atoms with van der Waals surface area (Å²) in [6, 6.07) is 25.9. The summed E-state index contributed by atoms with van der Waals surface area (Å²) in [5.41, 5.74) is 2.73. The smallest absolute Gasteiger partial charge is 0.352 e. The lowest BCUT2D eigenvalue weighted by molar-refractivity contribution is -0.132. The van der Waals surface area contributed by atoms with E-state index in [1.54, 1.807) is 36.4 Å². The molecule has 150 valence electrons. The monoisotopic (exact) mass is 509 g/mol. The quantitative estimate of drug-likeness (QED) is 0.169. The molecule has 3 aromatic rings. The van der Waals surface area contributed by atoms with Gasteiger partial charge in [0.15, 0.2) is 5.78 Å². The zero-order valence-electron chi connectivity index (χ0n) is 16.4. The minimum atomic E-state index is -0.523. The molecule has 0 aliphatic heterocycles. The van der Waals surface area contributed by atoms with Crippen molar-refractivity contribution in [3.05, 3.63) is 108 Å². The molecule has 0 N–H and O–H groups in total. The number of carbonyl (C=O) groups is 2. The minimum Gasteiger partial charge on any atom is -0.465 e. The first-order valence-corrected chi connectivity index (χ1v) is 10.4. The Balaban J connectivity index is 1.95. The first-order chi connectivity index (χ1) is 14.6. The van der Waals surface area contributed by atoms with Gasteiger partial charge in [0.25, 0.3) is 0 Å². The third kappa shape index (κ3) is 5.51. The summed E-state index contributed by atoms with van der Waals surface area (Å²) in [6.45, 7) is 0. The predicted molar refractivity (Wildman–Crippen MR) is 128 cm³/mol. The number of hydrogen-bond donors (Lipinski definition) is 0. The van der Waals surface area contributed by atoms with Gasteiger partial charge < -0.3 is 4.74 Å². The van der Waals surface area contributed by atoms with Gasteiger partial charge in [0.05, 0.1) is 12.8 Å².